The third-order valence-corrected chi connectivity index (χ3v) is 3.42. The van der Waals surface area contributed by atoms with Crippen molar-refractivity contribution in [2.75, 3.05) is 17.2 Å². The smallest absolute Gasteiger partial charge is 0.244 e. The minimum Gasteiger partial charge on any atom is -0.353 e. The van der Waals surface area contributed by atoms with Gasteiger partial charge in [-0.05, 0) is 36.6 Å². The number of hydrogen-bond donors (Lipinski definition) is 2. The quantitative estimate of drug-likeness (QED) is 0.648. The van der Waals surface area contributed by atoms with Crippen LogP contribution >= 0.6 is 0 Å². The van der Waals surface area contributed by atoms with E-state index in [0.29, 0.717) is 17.5 Å². The molecule has 0 aliphatic heterocycles. The number of anilines is 3. The molecule has 1 heterocycles. The van der Waals surface area contributed by atoms with E-state index in [1.807, 2.05) is 18.2 Å². The molecule has 0 amide bonds. The zero-order valence-corrected chi connectivity index (χ0v) is 13.1. The fourth-order valence-electron chi connectivity index (χ4n) is 2.29. The molecule has 1 aromatic heterocycles. The van der Waals surface area contributed by atoms with Gasteiger partial charge in [-0.25, -0.2) is 4.39 Å². The maximum Gasteiger partial charge on any atom is 0.244 e. The maximum atomic E-state index is 13.2. The Bertz CT molecular complexity index is 779. The second-order valence-corrected chi connectivity index (χ2v) is 5.32. The van der Waals surface area contributed by atoms with Crippen molar-refractivity contribution < 1.29 is 4.39 Å². The highest BCUT2D eigenvalue weighted by atomic mass is 19.1. The summed E-state index contributed by atoms with van der Waals surface area (Å²) in [5, 5.41) is 14.0. The zero-order valence-electron chi connectivity index (χ0n) is 13.1. The number of benzene rings is 2. The van der Waals surface area contributed by atoms with Gasteiger partial charge in [0.05, 0.1) is 6.20 Å². The summed E-state index contributed by atoms with van der Waals surface area (Å²) in [7, 11) is 0. The third-order valence-electron chi connectivity index (χ3n) is 3.42. The van der Waals surface area contributed by atoms with E-state index < -0.39 is 0 Å². The summed E-state index contributed by atoms with van der Waals surface area (Å²) in [6.45, 7) is 0.750. The van der Waals surface area contributed by atoms with Crippen molar-refractivity contribution in [2.24, 2.45) is 0 Å². The lowest BCUT2D eigenvalue weighted by Crippen LogP contribution is -2.08. The normalized spacial score (nSPS) is 10.4. The van der Waals surface area contributed by atoms with E-state index in [2.05, 4.69) is 37.9 Å². The summed E-state index contributed by atoms with van der Waals surface area (Å²) in [4.78, 5) is 4.32. The number of hydrogen-bond acceptors (Lipinski definition) is 5. The van der Waals surface area contributed by atoms with Gasteiger partial charge >= 0.3 is 0 Å². The highest BCUT2D eigenvalue weighted by Crippen LogP contribution is 2.15. The van der Waals surface area contributed by atoms with Crippen LogP contribution in [0.3, 0.4) is 0 Å². The van der Waals surface area contributed by atoms with Gasteiger partial charge in [-0.2, -0.15) is 10.1 Å². The Hall–Kier alpha value is -3.02. The molecule has 0 bridgehead atoms. The van der Waals surface area contributed by atoms with Crippen LogP contribution in [0.1, 0.15) is 12.0 Å². The highest BCUT2D eigenvalue weighted by Gasteiger charge is 2.02. The Kier molecular flexibility index (Phi) is 5.29. The van der Waals surface area contributed by atoms with Crippen LogP contribution in [0.5, 0.6) is 0 Å². The van der Waals surface area contributed by atoms with Crippen LogP contribution < -0.4 is 10.6 Å². The molecule has 0 saturated heterocycles. The van der Waals surface area contributed by atoms with Crippen LogP contribution in [-0.4, -0.2) is 21.7 Å². The lowest BCUT2D eigenvalue weighted by Gasteiger charge is -2.08. The molecule has 0 spiro atoms. The zero-order chi connectivity index (χ0) is 16.6. The van der Waals surface area contributed by atoms with Crippen LogP contribution in [0, 0.1) is 5.82 Å². The first-order valence-corrected chi connectivity index (χ1v) is 7.80. The van der Waals surface area contributed by atoms with Gasteiger partial charge < -0.3 is 10.6 Å². The molecule has 0 atom stereocenters. The molecule has 2 N–H and O–H groups in total. The molecule has 5 nitrogen and oxygen atoms in total. The van der Waals surface area contributed by atoms with Crippen LogP contribution in [0.2, 0.25) is 0 Å². The second-order valence-electron chi connectivity index (χ2n) is 5.32. The van der Waals surface area contributed by atoms with Crippen LogP contribution in [0.25, 0.3) is 0 Å². The molecule has 2 aromatic carbocycles. The van der Waals surface area contributed by atoms with Crippen molar-refractivity contribution in [1.82, 2.24) is 15.2 Å². The summed E-state index contributed by atoms with van der Waals surface area (Å²) in [6, 6.07) is 16.5. The number of nitrogens with one attached hydrogen (secondary N) is 2. The number of rotatable bonds is 7. The Morgan fingerprint density at radius 1 is 1.00 bits per heavy atom. The van der Waals surface area contributed by atoms with Crippen LogP contribution in [0.15, 0.2) is 60.8 Å². The highest BCUT2D eigenvalue weighted by molar-refractivity contribution is 5.55. The summed E-state index contributed by atoms with van der Waals surface area (Å²) in [6.07, 6.45) is 3.46. The summed E-state index contributed by atoms with van der Waals surface area (Å²) in [5.74, 6) is 0.659. The fourth-order valence-corrected chi connectivity index (χ4v) is 2.29. The first kappa shape index (κ1) is 15.9. The molecule has 3 aromatic rings. The van der Waals surface area contributed by atoms with Crippen molar-refractivity contribution in [3.05, 3.63) is 72.2 Å². The van der Waals surface area contributed by atoms with Gasteiger partial charge in [-0.15, -0.1) is 5.10 Å². The molecule has 6 heteroatoms. The molecule has 3 rings (SSSR count). The SMILES string of the molecule is Fc1cccc(Nc2cnnc(NCCCc3ccccc3)n2)c1. The van der Waals surface area contributed by atoms with Crippen molar-refractivity contribution in [2.45, 2.75) is 12.8 Å². The number of halogens is 1. The van der Waals surface area contributed by atoms with E-state index in [1.165, 1.54) is 23.9 Å². The average Bonchev–Trinajstić information content (AvgIpc) is 2.60. The van der Waals surface area contributed by atoms with Gasteiger partial charge in [-0.3, -0.25) is 0 Å². The minimum absolute atomic E-state index is 0.304. The van der Waals surface area contributed by atoms with E-state index in [1.54, 1.807) is 12.1 Å². The van der Waals surface area contributed by atoms with Gasteiger partial charge in [0.25, 0.3) is 0 Å². The van der Waals surface area contributed by atoms with Gasteiger partial charge in [0.15, 0.2) is 5.82 Å². The molecular formula is C18H18FN5. The lowest BCUT2D eigenvalue weighted by atomic mass is 10.1. The molecule has 0 radical (unpaired) electrons. The Morgan fingerprint density at radius 3 is 2.71 bits per heavy atom. The Morgan fingerprint density at radius 2 is 1.88 bits per heavy atom. The lowest BCUT2D eigenvalue weighted by molar-refractivity contribution is 0.628. The summed E-state index contributed by atoms with van der Waals surface area (Å²) < 4.78 is 13.2. The molecule has 0 unspecified atom stereocenters. The predicted octanol–water partition coefficient (Wildman–Crippen LogP) is 3.80. The number of nitrogens with zero attached hydrogens (tertiary/aromatic N) is 3. The average molecular weight is 323 g/mol. The van der Waals surface area contributed by atoms with Crippen molar-refractivity contribution in [3.63, 3.8) is 0 Å². The van der Waals surface area contributed by atoms with Crippen molar-refractivity contribution in [3.8, 4) is 0 Å². The van der Waals surface area contributed by atoms with Crippen molar-refractivity contribution >= 4 is 17.5 Å². The van der Waals surface area contributed by atoms with E-state index in [0.717, 1.165) is 19.4 Å². The Balaban J connectivity index is 1.51. The number of aryl methyl sites for hydroxylation is 1. The minimum atomic E-state index is -0.304. The monoisotopic (exact) mass is 323 g/mol. The summed E-state index contributed by atoms with van der Waals surface area (Å²) in [5.41, 5.74) is 1.92. The molecule has 0 saturated carbocycles. The van der Waals surface area contributed by atoms with Crippen LogP contribution in [0.4, 0.5) is 21.8 Å². The number of aromatic nitrogens is 3. The molecule has 122 valence electrons. The van der Waals surface area contributed by atoms with E-state index >= 15 is 0 Å². The van der Waals surface area contributed by atoms with Crippen molar-refractivity contribution in [1.29, 1.82) is 0 Å². The molecule has 0 fully saturated rings. The summed E-state index contributed by atoms with van der Waals surface area (Å²) >= 11 is 0. The van der Waals surface area contributed by atoms with Gasteiger partial charge in [0.1, 0.15) is 5.82 Å². The molecule has 0 aliphatic carbocycles. The third kappa shape index (κ3) is 4.74. The maximum absolute atomic E-state index is 13.2. The Labute approximate surface area is 140 Å². The fraction of sp³-hybridized carbons (Fsp3) is 0.167. The molecule has 0 aliphatic rings. The van der Waals surface area contributed by atoms with Gasteiger partial charge in [0, 0.05) is 12.2 Å². The first-order valence-electron chi connectivity index (χ1n) is 7.80. The molecule has 24 heavy (non-hydrogen) atoms. The second kappa shape index (κ2) is 8.01. The van der Waals surface area contributed by atoms with Gasteiger partial charge in [0.2, 0.25) is 5.95 Å². The topological polar surface area (TPSA) is 62.7 Å². The predicted molar refractivity (Wildman–Crippen MR) is 92.8 cm³/mol. The van der Waals surface area contributed by atoms with E-state index in [9.17, 15) is 4.39 Å². The van der Waals surface area contributed by atoms with Gasteiger partial charge in [-0.1, -0.05) is 36.4 Å². The van der Waals surface area contributed by atoms with Crippen LogP contribution in [-0.2, 0) is 6.42 Å². The largest absolute Gasteiger partial charge is 0.353 e. The van der Waals surface area contributed by atoms with E-state index in [4.69, 9.17) is 0 Å². The van der Waals surface area contributed by atoms with E-state index in [-0.39, 0.29) is 5.82 Å². The first-order chi connectivity index (χ1) is 11.8. The standard InChI is InChI=1S/C18H18FN5/c19-15-9-4-10-16(12-15)22-17-13-21-24-18(23-17)20-11-5-8-14-6-2-1-3-7-14/h1-4,6-7,9-10,12-13H,5,8,11H2,(H2,20,22,23,24). The molecular weight excluding hydrogens is 305 g/mol.